The van der Waals surface area contributed by atoms with E-state index in [1.807, 2.05) is 6.92 Å². The molecule has 1 atom stereocenters. The average molecular weight is 324 g/mol. The van der Waals surface area contributed by atoms with Crippen LogP contribution in [0.2, 0.25) is 14.7 Å². The molecule has 3 rings (SSSR count). The Hall–Kier alpha value is -0.336. The normalized spacial score (nSPS) is 25.8. The van der Waals surface area contributed by atoms with Gasteiger partial charge < -0.3 is 0 Å². The van der Waals surface area contributed by atoms with Gasteiger partial charge in [-0.3, -0.25) is 0 Å². The van der Waals surface area contributed by atoms with Gasteiger partial charge in [-0.05, 0) is 0 Å². The van der Waals surface area contributed by atoms with Crippen LogP contribution in [0.25, 0.3) is 0 Å². The Labute approximate surface area is 132 Å². The molecule has 0 aliphatic heterocycles. The molecule has 2 nitrogen and oxygen atoms in total. The van der Waals surface area contributed by atoms with Gasteiger partial charge in [-0.1, -0.05) is 0 Å². The molecule has 0 spiro atoms. The molecule has 0 amide bonds. The molecule has 3 aliphatic rings. The quantitative estimate of drug-likeness (QED) is 0.627. The van der Waals surface area contributed by atoms with Crippen molar-refractivity contribution in [2.45, 2.75) is 79.4 Å². The second kappa shape index (κ2) is 6.04. The molecule has 0 saturated carbocycles. The van der Waals surface area contributed by atoms with Crippen molar-refractivity contribution in [1.29, 1.82) is 0 Å². The Morgan fingerprint density at radius 1 is 1.14 bits per heavy atom. The molecule has 0 aromatic carbocycles. The first kappa shape index (κ1) is 15.6. The van der Waals surface area contributed by atoms with Gasteiger partial charge in [0.2, 0.25) is 0 Å². The molecule has 3 aliphatic carbocycles. The van der Waals surface area contributed by atoms with E-state index < -0.39 is 17.0 Å². The van der Waals surface area contributed by atoms with Gasteiger partial charge in [-0.15, -0.1) is 0 Å². The topological polar surface area (TPSA) is 26.3 Å². The number of hydrogen-bond acceptors (Lipinski definition) is 2. The predicted octanol–water partition coefficient (Wildman–Crippen LogP) is 5.65. The van der Waals surface area contributed by atoms with Crippen molar-refractivity contribution in [2.75, 3.05) is 0 Å². The second-order valence-electron chi connectivity index (χ2n) is 7.35. The number of fused-ring (bicyclic) bond motifs is 1. The fourth-order valence-electron chi connectivity index (χ4n) is 4.56. The average Bonchev–Trinajstić information content (AvgIpc) is 2.85. The van der Waals surface area contributed by atoms with Crippen molar-refractivity contribution >= 4 is 5.97 Å². The van der Waals surface area contributed by atoms with Gasteiger partial charge in [0, 0.05) is 0 Å². The number of allylic oxidation sites excluding steroid dienone is 4. The Kier molecular flexibility index (Phi) is 4.48. The van der Waals surface area contributed by atoms with Crippen molar-refractivity contribution in [1.82, 2.24) is 0 Å². The maximum absolute atomic E-state index is 11.8. The van der Waals surface area contributed by atoms with E-state index >= 15 is 0 Å². The third kappa shape index (κ3) is 2.94. The third-order valence-electron chi connectivity index (χ3n) is 5.58. The Morgan fingerprint density at radius 3 is 2.62 bits per heavy atom. The van der Waals surface area contributed by atoms with E-state index in [1.54, 1.807) is 22.3 Å². The van der Waals surface area contributed by atoms with Crippen LogP contribution in [0.1, 0.15) is 64.7 Å². The zero-order chi connectivity index (χ0) is 15.0. The summed E-state index contributed by atoms with van der Waals surface area (Å²) < 4.78 is 6.59. The van der Waals surface area contributed by atoms with Crippen LogP contribution in [-0.2, 0) is 25.1 Å². The summed E-state index contributed by atoms with van der Waals surface area (Å²) in [5, 5.41) is 4.59. The molecule has 0 bridgehead atoms. The standard InChI is InChI=1S/C13H17.C3H6O2.2CH3.Ti/c1-3-7-12-10(5-1)9-11-6-2-4-8-13(11)12;1-2-3(4)5;;;/h5H,1-4,6-9H2;2H2,1H3,(H,4,5);2*1H3;/q;;;;+1/p-1. The summed E-state index contributed by atoms with van der Waals surface area (Å²) in [7, 11) is 0. The summed E-state index contributed by atoms with van der Waals surface area (Å²) in [5.74, 6) is 0.0171. The summed E-state index contributed by atoms with van der Waals surface area (Å²) in [6.45, 7) is 1.90. The first-order chi connectivity index (χ1) is 10.0. The van der Waals surface area contributed by atoms with Crippen LogP contribution < -0.4 is 0 Å². The van der Waals surface area contributed by atoms with E-state index in [1.165, 1.54) is 51.4 Å². The molecule has 0 saturated heterocycles. The molecule has 0 aromatic heterocycles. The molecule has 1 unspecified atom stereocenters. The van der Waals surface area contributed by atoms with Crippen molar-refractivity contribution in [2.24, 2.45) is 0 Å². The molecule has 0 heterocycles. The minimum atomic E-state index is -2.54. The summed E-state index contributed by atoms with van der Waals surface area (Å²) in [6, 6.07) is 0. The van der Waals surface area contributed by atoms with Crippen LogP contribution in [-0.4, -0.2) is 5.97 Å². The first-order valence-electron chi connectivity index (χ1n) is 8.68. The van der Waals surface area contributed by atoms with Crippen molar-refractivity contribution < 1.29 is 25.1 Å². The van der Waals surface area contributed by atoms with Gasteiger partial charge in [0.25, 0.3) is 0 Å². The molecule has 3 heteroatoms. The minimum absolute atomic E-state index is 0.0171. The van der Waals surface area contributed by atoms with Crippen molar-refractivity contribution in [3.8, 4) is 0 Å². The number of hydrogen-bond donors (Lipinski definition) is 0. The van der Waals surface area contributed by atoms with Crippen LogP contribution in [0.5, 0.6) is 0 Å². The van der Waals surface area contributed by atoms with Crippen molar-refractivity contribution in [3.63, 3.8) is 0 Å². The molecule has 0 aromatic rings. The molecule has 0 fully saturated rings. The molecule has 116 valence electrons. The number of rotatable bonds is 3. The zero-order valence-corrected chi connectivity index (χ0v) is 15.3. The van der Waals surface area contributed by atoms with Gasteiger partial charge in [0.15, 0.2) is 0 Å². The van der Waals surface area contributed by atoms with Crippen LogP contribution in [0.3, 0.4) is 0 Å². The van der Waals surface area contributed by atoms with Gasteiger partial charge in [0.05, 0.1) is 0 Å². The second-order valence-corrected chi connectivity index (χ2v) is 13.8. The van der Waals surface area contributed by atoms with Crippen LogP contribution in [0.4, 0.5) is 0 Å². The van der Waals surface area contributed by atoms with Gasteiger partial charge in [0.1, 0.15) is 0 Å². The number of carbonyl (C=O) groups is 1. The molecular weight excluding hydrogens is 296 g/mol. The summed E-state index contributed by atoms with van der Waals surface area (Å²) in [4.78, 5) is 11.8. The Morgan fingerprint density at radius 2 is 1.86 bits per heavy atom. The SMILES string of the molecule is CCC(=O)[O][Ti]([CH3])([CH3])[CH]1CCCC2=C1CC1=C2CCCC1. The van der Waals surface area contributed by atoms with E-state index in [9.17, 15) is 4.79 Å². The molecular formula is C18H28O2Ti. The maximum atomic E-state index is 11.8. The van der Waals surface area contributed by atoms with Gasteiger partial charge in [-0.2, -0.15) is 0 Å². The van der Waals surface area contributed by atoms with Crippen LogP contribution >= 0.6 is 0 Å². The molecule has 0 radical (unpaired) electrons. The summed E-state index contributed by atoms with van der Waals surface area (Å²) in [6.07, 6.45) is 10.9. The zero-order valence-electron chi connectivity index (χ0n) is 13.8. The van der Waals surface area contributed by atoms with Crippen LogP contribution in [0, 0.1) is 0 Å². The summed E-state index contributed by atoms with van der Waals surface area (Å²) >= 11 is -2.54. The fourth-order valence-corrected chi connectivity index (χ4v) is 9.07. The Bertz CT molecular complexity index is 513. The van der Waals surface area contributed by atoms with E-state index in [2.05, 4.69) is 10.5 Å². The van der Waals surface area contributed by atoms with Crippen molar-refractivity contribution in [3.05, 3.63) is 22.3 Å². The van der Waals surface area contributed by atoms with Gasteiger partial charge >= 0.3 is 133 Å². The van der Waals surface area contributed by atoms with E-state index in [0.717, 1.165) is 0 Å². The van der Waals surface area contributed by atoms with E-state index in [0.29, 0.717) is 10.6 Å². The monoisotopic (exact) mass is 324 g/mol. The Balaban J connectivity index is 1.85. The first-order valence-corrected chi connectivity index (χ1v) is 13.3. The van der Waals surface area contributed by atoms with E-state index in [-0.39, 0.29) is 5.97 Å². The van der Waals surface area contributed by atoms with Gasteiger partial charge in [-0.25, -0.2) is 0 Å². The van der Waals surface area contributed by atoms with Crippen LogP contribution in [0.15, 0.2) is 22.3 Å². The number of carbonyl (C=O) groups excluding carboxylic acids is 1. The fraction of sp³-hybridized carbons (Fsp3) is 0.722. The van der Waals surface area contributed by atoms with E-state index in [4.69, 9.17) is 3.32 Å². The molecule has 21 heavy (non-hydrogen) atoms. The summed E-state index contributed by atoms with van der Waals surface area (Å²) in [5.41, 5.74) is 6.85. The third-order valence-corrected chi connectivity index (χ3v) is 10.4. The molecule has 0 N–H and O–H groups in total. The predicted molar refractivity (Wildman–Crippen MR) is 82.8 cm³/mol.